The second-order valence-electron chi connectivity index (χ2n) is 3.61. The van der Waals surface area contributed by atoms with Gasteiger partial charge in [0.05, 0.1) is 12.2 Å². The first-order valence-electron chi connectivity index (χ1n) is 5.27. The zero-order chi connectivity index (χ0) is 13.0. The van der Waals surface area contributed by atoms with Gasteiger partial charge in [-0.15, -0.1) is 0 Å². The summed E-state index contributed by atoms with van der Waals surface area (Å²) in [6, 6.07) is 11.0. The fourth-order valence-electron chi connectivity index (χ4n) is 1.43. The van der Waals surface area contributed by atoms with Gasteiger partial charge in [-0.05, 0) is 24.3 Å². The van der Waals surface area contributed by atoms with Gasteiger partial charge in [-0.2, -0.15) is 0 Å². The Morgan fingerprint density at radius 2 is 1.83 bits per heavy atom. The fourth-order valence-corrected chi connectivity index (χ4v) is 2.53. The molecular formula is C12H12N2O3S. The average molecular weight is 264 g/mol. The molecule has 2 rings (SSSR count). The molecule has 1 aromatic carbocycles. The third-order valence-corrected chi connectivity index (χ3v) is 3.77. The molecule has 6 heteroatoms. The van der Waals surface area contributed by atoms with E-state index in [-0.39, 0.29) is 17.2 Å². The first kappa shape index (κ1) is 12.5. The van der Waals surface area contributed by atoms with E-state index in [2.05, 4.69) is 9.71 Å². The van der Waals surface area contributed by atoms with E-state index in [1.165, 1.54) is 12.1 Å². The van der Waals surface area contributed by atoms with Crippen LogP contribution < -0.4 is 4.72 Å². The second kappa shape index (κ2) is 5.16. The third-order valence-electron chi connectivity index (χ3n) is 2.32. The van der Waals surface area contributed by atoms with Gasteiger partial charge in [0, 0.05) is 6.20 Å². The van der Waals surface area contributed by atoms with Crippen LogP contribution in [-0.2, 0) is 16.6 Å². The lowest BCUT2D eigenvalue weighted by Crippen LogP contribution is -2.23. The van der Waals surface area contributed by atoms with Gasteiger partial charge < -0.3 is 5.11 Å². The monoisotopic (exact) mass is 264 g/mol. The maximum absolute atomic E-state index is 11.9. The van der Waals surface area contributed by atoms with E-state index in [9.17, 15) is 13.5 Å². The minimum atomic E-state index is -3.73. The number of sulfonamides is 1. The predicted octanol–water partition coefficient (Wildman–Crippen LogP) is 1.27. The van der Waals surface area contributed by atoms with Crippen LogP contribution in [0.2, 0.25) is 0 Å². The lowest BCUT2D eigenvalue weighted by Gasteiger charge is -2.07. The van der Waals surface area contributed by atoms with Gasteiger partial charge in [-0.25, -0.2) is 13.1 Å². The number of aromatic hydroxyl groups is 1. The molecule has 0 radical (unpaired) electrons. The van der Waals surface area contributed by atoms with Crippen LogP contribution in [0.4, 0.5) is 0 Å². The molecule has 18 heavy (non-hydrogen) atoms. The summed E-state index contributed by atoms with van der Waals surface area (Å²) in [5.74, 6) is -0.272. The molecule has 0 amide bonds. The first-order valence-corrected chi connectivity index (χ1v) is 6.75. The molecule has 0 saturated carbocycles. The Morgan fingerprint density at radius 3 is 2.50 bits per heavy atom. The number of phenolic OH excluding ortho intramolecular Hbond substituents is 1. The summed E-state index contributed by atoms with van der Waals surface area (Å²) in [5, 5.41) is 9.51. The maximum atomic E-state index is 11.9. The molecule has 2 N–H and O–H groups in total. The summed E-state index contributed by atoms with van der Waals surface area (Å²) in [4.78, 5) is 3.87. The Morgan fingerprint density at radius 1 is 1.11 bits per heavy atom. The highest BCUT2D eigenvalue weighted by Crippen LogP contribution is 2.21. The molecule has 0 atom stereocenters. The van der Waals surface area contributed by atoms with E-state index in [0.717, 1.165) is 0 Å². The van der Waals surface area contributed by atoms with Gasteiger partial charge in [-0.3, -0.25) is 4.98 Å². The molecule has 2 aromatic rings. The van der Waals surface area contributed by atoms with Crippen molar-refractivity contribution in [3.63, 3.8) is 0 Å². The van der Waals surface area contributed by atoms with E-state index in [0.29, 0.717) is 5.69 Å². The standard InChI is InChI=1S/C12H12N2O3S/c15-11-6-1-2-7-12(11)18(16,17)14-9-10-5-3-4-8-13-10/h1-8,14-15H,9H2. The number of para-hydroxylation sites is 1. The summed E-state index contributed by atoms with van der Waals surface area (Å²) < 4.78 is 26.2. The summed E-state index contributed by atoms with van der Waals surface area (Å²) in [6.45, 7) is 0.0809. The Bertz CT molecular complexity index is 627. The van der Waals surface area contributed by atoms with Gasteiger partial charge in [0.1, 0.15) is 10.6 Å². The number of aromatic nitrogens is 1. The molecule has 0 aliphatic heterocycles. The van der Waals surface area contributed by atoms with Crippen molar-refractivity contribution in [2.75, 3.05) is 0 Å². The minimum absolute atomic E-state index is 0.0809. The summed E-state index contributed by atoms with van der Waals surface area (Å²) in [6.07, 6.45) is 1.59. The lowest BCUT2D eigenvalue weighted by molar-refractivity contribution is 0.458. The highest BCUT2D eigenvalue weighted by Gasteiger charge is 2.17. The number of benzene rings is 1. The van der Waals surface area contributed by atoms with Gasteiger partial charge in [0.25, 0.3) is 0 Å². The number of phenols is 1. The zero-order valence-corrected chi connectivity index (χ0v) is 10.3. The van der Waals surface area contributed by atoms with Gasteiger partial charge in [-0.1, -0.05) is 18.2 Å². The average Bonchev–Trinajstić information content (AvgIpc) is 2.38. The van der Waals surface area contributed by atoms with Crippen molar-refractivity contribution in [3.05, 3.63) is 54.4 Å². The molecule has 0 bridgehead atoms. The van der Waals surface area contributed by atoms with Crippen molar-refractivity contribution in [2.24, 2.45) is 0 Å². The Balaban J connectivity index is 2.16. The van der Waals surface area contributed by atoms with Crippen LogP contribution in [0.5, 0.6) is 5.75 Å². The molecule has 94 valence electrons. The van der Waals surface area contributed by atoms with E-state index in [1.54, 1.807) is 36.5 Å². The van der Waals surface area contributed by atoms with Crippen molar-refractivity contribution < 1.29 is 13.5 Å². The Kier molecular flexibility index (Phi) is 3.59. The molecule has 0 aliphatic carbocycles. The maximum Gasteiger partial charge on any atom is 0.244 e. The molecule has 0 saturated heterocycles. The molecule has 1 heterocycles. The summed E-state index contributed by atoms with van der Waals surface area (Å²) in [5.41, 5.74) is 0.608. The van der Waals surface area contributed by atoms with E-state index < -0.39 is 10.0 Å². The largest absolute Gasteiger partial charge is 0.507 e. The Hall–Kier alpha value is -1.92. The predicted molar refractivity (Wildman–Crippen MR) is 66.4 cm³/mol. The first-order chi connectivity index (χ1) is 8.59. The second-order valence-corrected chi connectivity index (χ2v) is 5.35. The third kappa shape index (κ3) is 2.85. The van der Waals surface area contributed by atoms with Gasteiger partial charge >= 0.3 is 0 Å². The van der Waals surface area contributed by atoms with Crippen LogP contribution in [0, 0.1) is 0 Å². The Labute approximate surface area is 105 Å². The highest BCUT2D eigenvalue weighted by atomic mass is 32.2. The molecule has 5 nitrogen and oxygen atoms in total. The number of hydrogen-bond donors (Lipinski definition) is 2. The van der Waals surface area contributed by atoms with Gasteiger partial charge in [0.15, 0.2) is 0 Å². The summed E-state index contributed by atoms with van der Waals surface area (Å²) in [7, 11) is -3.73. The van der Waals surface area contributed by atoms with Crippen LogP contribution in [0.3, 0.4) is 0 Å². The van der Waals surface area contributed by atoms with Crippen molar-refractivity contribution in [1.29, 1.82) is 0 Å². The van der Waals surface area contributed by atoms with E-state index >= 15 is 0 Å². The van der Waals surface area contributed by atoms with Crippen molar-refractivity contribution >= 4 is 10.0 Å². The summed E-state index contributed by atoms with van der Waals surface area (Å²) >= 11 is 0. The number of nitrogens with one attached hydrogen (secondary N) is 1. The van der Waals surface area contributed by atoms with Crippen molar-refractivity contribution in [1.82, 2.24) is 9.71 Å². The molecule has 0 aliphatic rings. The fraction of sp³-hybridized carbons (Fsp3) is 0.0833. The molecule has 0 spiro atoms. The quantitative estimate of drug-likeness (QED) is 0.871. The van der Waals surface area contributed by atoms with Crippen molar-refractivity contribution in [3.8, 4) is 5.75 Å². The minimum Gasteiger partial charge on any atom is -0.507 e. The smallest absolute Gasteiger partial charge is 0.244 e. The number of pyridine rings is 1. The van der Waals surface area contributed by atoms with Crippen LogP contribution in [-0.4, -0.2) is 18.5 Å². The molecule has 0 fully saturated rings. The molecule has 1 aromatic heterocycles. The normalized spacial score (nSPS) is 11.3. The van der Waals surface area contributed by atoms with Crippen LogP contribution in [0.15, 0.2) is 53.6 Å². The van der Waals surface area contributed by atoms with E-state index in [4.69, 9.17) is 0 Å². The number of hydrogen-bond acceptors (Lipinski definition) is 4. The van der Waals surface area contributed by atoms with Gasteiger partial charge in [0.2, 0.25) is 10.0 Å². The number of nitrogens with zero attached hydrogens (tertiary/aromatic N) is 1. The number of rotatable bonds is 4. The van der Waals surface area contributed by atoms with Crippen molar-refractivity contribution in [2.45, 2.75) is 11.4 Å². The molecule has 0 unspecified atom stereocenters. The van der Waals surface area contributed by atoms with Crippen LogP contribution in [0.25, 0.3) is 0 Å². The lowest BCUT2D eigenvalue weighted by atomic mass is 10.3. The molecular weight excluding hydrogens is 252 g/mol. The zero-order valence-electron chi connectivity index (χ0n) is 9.45. The topological polar surface area (TPSA) is 79.3 Å². The SMILES string of the molecule is O=S(=O)(NCc1ccccn1)c1ccccc1O. The van der Waals surface area contributed by atoms with E-state index in [1.807, 2.05) is 0 Å². The van der Waals surface area contributed by atoms with Crippen LogP contribution in [0.1, 0.15) is 5.69 Å². The van der Waals surface area contributed by atoms with Crippen LogP contribution >= 0.6 is 0 Å². The highest BCUT2D eigenvalue weighted by molar-refractivity contribution is 7.89.